The highest BCUT2D eigenvalue weighted by molar-refractivity contribution is 5.85. The first-order valence-electron chi connectivity index (χ1n) is 7.19. The van der Waals surface area contributed by atoms with Crippen LogP contribution in [0.15, 0.2) is 24.3 Å². The number of carbonyl (C=O) groups excluding carboxylic acids is 1. The highest BCUT2D eigenvalue weighted by Crippen LogP contribution is 2.13. The number of rotatable bonds is 4. The molecule has 1 unspecified atom stereocenters. The molecule has 1 atom stereocenters. The topological polar surface area (TPSA) is 32.3 Å². The van der Waals surface area contributed by atoms with Crippen LogP contribution in [0.1, 0.15) is 30.4 Å². The lowest BCUT2D eigenvalue weighted by molar-refractivity contribution is -0.132. The number of piperidine rings is 1. The van der Waals surface area contributed by atoms with Crippen molar-refractivity contribution in [3.8, 4) is 0 Å². The minimum atomic E-state index is 0. The van der Waals surface area contributed by atoms with E-state index in [1.54, 1.807) is 0 Å². The van der Waals surface area contributed by atoms with Crippen molar-refractivity contribution in [1.29, 1.82) is 0 Å². The lowest BCUT2D eigenvalue weighted by Crippen LogP contribution is -2.47. The Labute approximate surface area is 128 Å². The number of benzene rings is 1. The van der Waals surface area contributed by atoms with Gasteiger partial charge < -0.3 is 10.2 Å². The first-order valence-corrected chi connectivity index (χ1v) is 7.19. The fraction of sp³-hybridized carbons (Fsp3) is 0.562. The van der Waals surface area contributed by atoms with Crippen LogP contribution in [-0.4, -0.2) is 37.0 Å². The minimum absolute atomic E-state index is 0. The molecule has 1 heterocycles. The van der Waals surface area contributed by atoms with Crippen LogP contribution < -0.4 is 5.32 Å². The molecule has 4 heteroatoms. The van der Waals surface area contributed by atoms with Crippen molar-refractivity contribution in [1.82, 2.24) is 10.2 Å². The number of likely N-dealkylation sites (N-methyl/N-ethyl adjacent to an activating group) is 1. The Morgan fingerprint density at radius 2 is 2.25 bits per heavy atom. The molecular formula is C16H25ClN2O. The summed E-state index contributed by atoms with van der Waals surface area (Å²) in [6.45, 7) is 3.88. The summed E-state index contributed by atoms with van der Waals surface area (Å²) in [5.74, 6) is 0.293. The van der Waals surface area contributed by atoms with Crippen LogP contribution in [0.3, 0.4) is 0 Å². The molecule has 1 aromatic carbocycles. The first-order chi connectivity index (χ1) is 9.19. The van der Waals surface area contributed by atoms with E-state index in [0.29, 0.717) is 18.4 Å². The molecule has 1 aliphatic rings. The largest absolute Gasteiger partial charge is 0.341 e. The van der Waals surface area contributed by atoms with Crippen LogP contribution in [0.25, 0.3) is 0 Å². The summed E-state index contributed by atoms with van der Waals surface area (Å²) >= 11 is 0. The van der Waals surface area contributed by atoms with E-state index in [1.165, 1.54) is 17.5 Å². The molecule has 0 aliphatic carbocycles. The number of hydrogen-bond donors (Lipinski definition) is 1. The first kappa shape index (κ1) is 17.0. The fourth-order valence-electron chi connectivity index (χ4n) is 2.72. The third-order valence-electron chi connectivity index (χ3n) is 3.89. The SMILES string of the molecule is CNC1CCCN(C(=O)CCc2cccc(C)c2)C1.Cl. The number of likely N-dealkylation sites (tertiary alicyclic amines) is 1. The highest BCUT2D eigenvalue weighted by Gasteiger charge is 2.21. The maximum atomic E-state index is 12.2. The molecular weight excluding hydrogens is 272 g/mol. The monoisotopic (exact) mass is 296 g/mol. The molecule has 0 radical (unpaired) electrons. The predicted molar refractivity (Wildman–Crippen MR) is 85.4 cm³/mol. The summed E-state index contributed by atoms with van der Waals surface area (Å²) in [5.41, 5.74) is 2.52. The van der Waals surface area contributed by atoms with Crippen molar-refractivity contribution < 1.29 is 4.79 Å². The molecule has 0 spiro atoms. The highest BCUT2D eigenvalue weighted by atomic mass is 35.5. The number of aryl methyl sites for hydroxylation is 2. The Bertz CT molecular complexity index is 436. The van der Waals surface area contributed by atoms with E-state index in [9.17, 15) is 4.79 Å². The van der Waals surface area contributed by atoms with Crippen LogP contribution in [0, 0.1) is 6.92 Å². The lowest BCUT2D eigenvalue weighted by atomic mass is 10.0. The number of nitrogens with zero attached hydrogens (tertiary/aromatic N) is 1. The van der Waals surface area contributed by atoms with E-state index >= 15 is 0 Å². The van der Waals surface area contributed by atoms with Gasteiger partial charge >= 0.3 is 0 Å². The van der Waals surface area contributed by atoms with Gasteiger partial charge in [-0.05, 0) is 38.8 Å². The predicted octanol–water partition coefficient (Wildman–Crippen LogP) is 2.56. The molecule has 0 aromatic heterocycles. The van der Waals surface area contributed by atoms with Crippen molar-refractivity contribution in [2.75, 3.05) is 20.1 Å². The maximum Gasteiger partial charge on any atom is 0.222 e. The van der Waals surface area contributed by atoms with Gasteiger partial charge in [-0.15, -0.1) is 12.4 Å². The minimum Gasteiger partial charge on any atom is -0.341 e. The molecule has 2 rings (SSSR count). The normalized spacial score (nSPS) is 18.5. The van der Waals surface area contributed by atoms with Crippen LogP contribution in [0.2, 0.25) is 0 Å². The summed E-state index contributed by atoms with van der Waals surface area (Å²) < 4.78 is 0. The van der Waals surface area contributed by atoms with Crippen LogP contribution in [-0.2, 0) is 11.2 Å². The molecule has 1 aromatic rings. The van der Waals surface area contributed by atoms with Crippen molar-refractivity contribution in [2.24, 2.45) is 0 Å². The van der Waals surface area contributed by atoms with Gasteiger partial charge in [-0.25, -0.2) is 0 Å². The molecule has 3 nitrogen and oxygen atoms in total. The van der Waals surface area contributed by atoms with Gasteiger partial charge in [-0.2, -0.15) is 0 Å². The van der Waals surface area contributed by atoms with Gasteiger partial charge in [0.2, 0.25) is 5.91 Å². The van der Waals surface area contributed by atoms with Crippen molar-refractivity contribution in [2.45, 2.75) is 38.6 Å². The Kier molecular flexibility index (Phi) is 7.03. The molecule has 1 aliphatic heterocycles. The Balaban J connectivity index is 0.00000200. The summed E-state index contributed by atoms with van der Waals surface area (Å²) in [7, 11) is 1.98. The third-order valence-corrected chi connectivity index (χ3v) is 3.89. The second kappa shape index (κ2) is 8.28. The molecule has 1 amide bonds. The summed E-state index contributed by atoms with van der Waals surface area (Å²) in [5, 5.41) is 3.28. The van der Waals surface area contributed by atoms with Gasteiger partial charge in [0.15, 0.2) is 0 Å². The van der Waals surface area contributed by atoms with Gasteiger partial charge in [0, 0.05) is 25.6 Å². The van der Waals surface area contributed by atoms with E-state index in [4.69, 9.17) is 0 Å². The number of hydrogen-bond acceptors (Lipinski definition) is 2. The average Bonchev–Trinajstić information content (AvgIpc) is 2.45. The van der Waals surface area contributed by atoms with Crippen molar-refractivity contribution in [3.05, 3.63) is 35.4 Å². The number of carbonyl (C=O) groups is 1. The Morgan fingerprint density at radius 1 is 1.45 bits per heavy atom. The van der Waals surface area contributed by atoms with Crippen molar-refractivity contribution in [3.63, 3.8) is 0 Å². The van der Waals surface area contributed by atoms with E-state index in [-0.39, 0.29) is 12.4 Å². The molecule has 1 N–H and O–H groups in total. The summed E-state index contributed by atoms with van der Waals surface area (Å²) in [6.07, 6.45) is 3.76. The molecule has 0 saturated carbocycles. The van der Waals surface area contributed by atoms with E-state index < -0.39 is 0 Å². The second-order valence-electron chi connectivity index (χ2n) is 5.46. The van der Waals surface area contributed by atoms with E-state index in [2.05, 4.69) is 36.5 Å². The van der Waals surface area contributed by atoms with Crippen LogP contribution >= 0.6 is 12.4 Å². The van der Waals surface area contributed by atoms with Crippen LogP contribution in [0.4, 0.5) is 0 Å². The van der Waals surface area contributed by atoms with Gasteiger partial charge in [0.1, 0.15) is 0 Å². The number of nitrogens with one attached hydrogen (secondary N) is 1. The zero-order chi connectivity index (χ0) is 13.7. The van der Waals surface area contributed by atoms with Crippen molar-refractivity contribution >= 4 is 18.3 Å². The fourth-order valence-corrected chi connectivity index (χ4v) is 2.72. The van der Waals surface area contributed by atoms with Gasteiger partial charge in [-0.3, -0.25) is 4.79 Å². The summed E-state index contributed by atoms with van der Waals surface area (Å²) in [4.78, 5) is 14.2. The third kappa shape index (κ3) is 4.80. The smallest absolute Gasteiger partial charge is 0.222 e. The Morgan fingerprint density at radius 3 is 2.95 bits per heavy atom. The quantitative estimate of drug-likeness (QED) is 0.926. The summed E-state index contributed by atoms with van der Waals surface area (Å²) in [6, 6.07) is 8.89. The molecule has 0 bridgehead atoms. The zero-order valence-electron chi connectivity index (χ0n) is 12.4. The molecule has 1 saturated heterocycles. The van der Waals surface area contributed by atoms with Gasteiger partial charge in [0.05, 0.1) is 0 Å². The van der Waals surface area contributed by atoms with Crippen LogP contribution in [0.5, 0.6) is 0 Å². The average molecular weight is 297 g/mol. The number of amides is 1. The van der Waals surface area contributed by atoms with E-state index in [0.717, 1.165) is 25.9 Å². The number of halogens is 1. The Hall–Kier alpha value is -1.06. The lowest BCUT2D eigenvalue weighted by Gasteiger charge is -2.32. The van der Waals surface area contributed by atoms with Gasteiger partial charge in [0.25, 0.3) is 0 Å². The molecule has 20 heavy (non-hydrogen) atoms. The second-order valence-corrected chi connectivity index (χ2v) is 5.46. The maximum absolute atomic E-state index is 12.2. The molecule has 1 fully saturated rings. The standard InChI is InChI=1S/C16H24N2O.ClH/c1-13-5-3-6-14(11-13)8-9-16(19)18-10-4-7-15(12-18)17-2;/h3,5-6,11,15,17H,4,7-10,12H2,1-2H3;1H. The van der Waals surface area contributed by atoms with Gasteiger partial charge in [-0.1, -0.05) is 29.8 Å². The molecule has 112 valence electrons. The van der Waals surface area contributed by atoms with E-state index in [1.807, 2.05) is 11.9 Å². The zero-order valence-corrected chi connectivity index (χ0v) is 13.2.